The van der Waals surface area contributed by atoms with Crippen LogP contribution in [0.2, 0.25) is 0 Å². The van der Waals surface area contributed by atoms with Crippen LogP contribution in [0.15, 0.2) is 58.5 Å². The fourth-order valence-corrected chi connectivity index (χ4v) is 4.90. The van der Waals surface area contributed by atoms with Gasteiger partial charge in [-0.05, 0) is 29.3 Å². The van der Waals surface area contributed by atoms with Crippen LogP contribution in [-0.2, 0) is 4.79 Å². The van der Waals surface area contributed by atoms with Crippen LogP contribution in [0, 0.1) is 10.1 Å². The van der Waals surface area contributed by atoms with Crippen molar-refractivity contribution in [1.29, 1.82) is 0 Å². The van der Waals surface area contributed by atoms with Crippen LogP contribution in [0.25, 0.3) is 11.3 Å². The Labute approximate surface area is 194 Å². The summed E-state index contributed by atoms with van der Waals surface area (Å²) >= 11 is 1.42. The molecule has 1 aliphatic rings. The highest BCUT2D eigenvalue weighted by atomic mass is 32.2. The van der Waals surface area contributed by atoms with Crippen LogP contribution in [-0.4, -0.2) is 26.7 Å². The van der Waals surface area contributed by atoms with Crippen molar-refractivity contribution in [2.75, 3.05) is 10.7 Å². The molecule has 0 spiro atoms. The van der Waals surface area contributed by atoms with E-state index in [1.54, 1.807) is 42.5 Å². The fraction of sp³-hybridized carbons (Fsp3) is 0.304. The number of hydrogen-bond donors (Lipinski definition) is 1. The van der Waals surface area contributed by atoms with Crippen LogP contribution in [0.5, 0.6) is 0 Å². The van der Waals surface area contributed by atoms with Gasteiger partial charge in [-0.3, -0.25) is 24.7 Å². The lowest BCUT2D eigenvalue weighted by Crippen LogP contribution is -2.60. The van der Waals surface area contributed by atoms with Crippen molar-refractivity contribution in [3.8, 4) is 11.3 Å². The van der Waals surface area contributed by atoms with E-state index in [0.717, 1.165) is 25.0 Å². The van der Waals surface area contributed by atoms with Gasteiger partial charge in [0.25, 0.3) is 11.9 Å². The molecule has 0 saturated heterocycles. The molecule has 1 N–H and O–H groups in total. The second-order valence-electron chi connectivity index (χ2n) is 7.70. The number of para-hydroxylation sites is 2. The number of rotatable bonds is 7. The molecule has 10 heteroatoms. The van der Waals surface area contributed by atoms with E-state index in [0.29, 0.717) is 16.4 Å². The van der Waals surface area contributed by atoms with Gasteiger partial charge in [-0.25, -0.2) is 4.90 Å². The zero-order valence-electron chi connectivity index (χ0n) is 18.4. The third-order valence-corrected chi connectivity index (χ3v) is 6.45. The average molecular weight is 467 g/mol. The molecule has 0 saturated carbocycles. The Bertz CT molecular complexity index is 1280. The number of nitro benzene ring substituents is 1. The number of anilines is 1. The maximum Gasteiger partial charge on any atom is 0.325 e. The van der Waals surface area contributed by atoms with Crippen molar-refractivity contribution in [3.63, 3.8) is 0 Å². The number of unbranched alkanes of at least 4 members (excludes halogenated alkanes) is 2. The average Bonchev–Trinajstić information content (AvgIpc) is 2.80. The number of carbonyl (C=O) groups excluding carboxylic acids is 1. The number of aromatic nitrogens is 3. The lowest BCUT2D eigenvalue weighted by atomic mass is 10.0. The molecule has 0 radical (unpaired) electrons. The number of nitrogens with zero attached hydrogens (tertiary/aromatic N) is 4. The molecule has 0 bridgehead atoms. The molecule has 4 rings (SSSR count). The Morgan fingerprint density at radius 2 is 1.94 bits per heavy atom. The lowest BCUT2D eigenvalue weighted by molar-refractivity contribution is -0.763. The van der Waals surface area contributed by atoms with Gasteiger partial charge in [0.05, 0.1) is 16.2 Å². The number of fused-ring (bicyclic) bond motifs is 3. The summed E-state index contributed by atoms with van der Waals surface area (Å²) in [4.78, 5) is 41.8. The number of carbonyl (C=O) groups is 1. The first-order chi connectivity index (χ1) is 15.9. The number of thioether (sulfide) groups is 1. The summed E-state index contributed by atoms with van der Waals surface area (Å²) < 4.78 is 1.45. The lowest BCUT2D eigenvalue weighted by Gasteiger charge is -2.31. The molecule has 33 heavy (non-hydrogen) atoms. The third-order valence-electron chi connectivity index (χ3n) is 5.50. The number of H-pyrrole nitrogens is 1. The van der Waals surface area contributed by atoms with Gasteiger partial charge in [-0.2, -0.15) is 0 Å². The highest BCUT2D eigenvalue weighted by Gasteiger charge is 2.47. The first-order valence-electron chi connectivity index (χ1n) is 10.8. The first kappa shape index (κ1) is 22.7. The van der Waals surface area contributed by atoms with Crippen LogP contribution in [0.3, 0.4) is 0 Å². The minimum Gasteiger partial charge on any atom is -0.291 e. The van der Waals surface area contributed by atoms with Crippen LogP contribution in [0.1, 0.15) is 44.8 Å². The molecular formula is C23H24N5O4S+. The zero-order chi connectivity index (χ0) is 23.5. The van der Waals surface area contributed by atoms with E-state index in [4.69, 9.17) is 0 Å². The third kappa shape index (κ3) is 4.25. The minimum atomic E-state index is -0.980. The molecule has 1 aromatic heterocycles. The monoisotopic (exact) mass is 466 g/mol. The maximum atomic E-state index is 13.2. The predicted octanol–water partition coefficient (Wildman–Crippen LogP) is 3.83. The largest absolute Gasteiger partial charge is 0.325 e. The highest BCUT2D eigenvalue weighted by Crippen LogP contribution is 2.39. The standard InChI is InChI=1S/C23H23N5O4S/c1-3-4-9-14-33-23-24-21(30)20-16-10-5-7-12-18(16)26(15(2)29)22(27(20)25-23)17-11-6-8-13-19(17)28(31)32/h5-8,10-13,22H,3-4,9,14H2,1-2H3/p+1/t22-/m0/s1. The number of nitro groups is 1. The molecule has 2 aromatic carbocycles. The maximum absolute atomic E-state index is 13.2. The SMILES string of the molecule is CCCCCSc1n[n+]2c(c(=O)[nH]1)-c1ccccc1N(C(C)=O)[C@@H]2c1ccccc1[N+](=O)[O-]. The van der Waals surface area contributed by atoms with Crippen molar-refractivity contribution in [2.24, 2.45) is 0 Å². The topological polar surface area (TPSA) is 113 Å². The second-order valence-corrected chi connectivity index (χ2v) is 8.79. The van der Waals surface area contributed by atoms with E-state index in [-0.39, 0.29) is 28.4 Å². The highest BCUT2D eigenvalue weighted by molar-refractivity contribution is 7.99. The van der Waals surface area contributed by atoms with Crippen molar-refractivity contribution in [3.05, 3.63) is 74.6 Å². The summed E-state index contributed by atoms with van der Waals surface area (Å²) in [5.41, 5.74) is 1.07. The van der Waals surface area contributed by atoms with Gasteiger partial charge < -0.3 is 0 Å². The number of nitrogens with one attached hydrogen (secondary N) is 1. The Hall–Kier alpha value is -3.53. The molecule has 9 nitrogen and oxygen atoms in total. The molecule has 1 atom stereocenters. The minimum absolute atomic E-state index is 0.147. The Morgan fingerprint density at radius 1 is 1.21 bits per heavy atom. The number of aromatic amines is 1. The summed E-state index contributed by atoms with van der Waals surface area (Å²) in [5, 5.41) is 16.9. The summed E-state index contributed by atoms with van der Waals surface area (Å²) in [6.45, 7) is 3.52. The van der Waals surface area contributed by atoms with Crippen LogP contribution >= 0.6 is 11.8 Å². The van der Waals surface area contributed by atoms with E-state index in [2.05, 4.69) is 17.0 Å². The number of amides is 1. The van der Waals surface area contributed by atoms with E-state index < -0.39 is 11.1 Å². The van der Waals surface area contributed by atoms with Gasteiger partial charge in [-0.15, -0.1) is 0 Å². The molecule has 0 unspecified atom stereocenters. The Balaban J connectivity index is 1.97. The molecule has 0 fully saturated rings. The van der Waals surface area contributed by atoms with E-state index in [1.807, 2.05) is 0 Å². The van der Waals surface area contributed by atoms with Crippen molar-refractivity contribution < 1.29 is 14.4 Å². The Kier molecular flexibility index (Phi) is 6.55. The van der Waals surface area contributed by atoms with Crippen LogP contribution < -0.4 is 15.1 Å². The van der Waals surface area contributed by atoms with Gasteiger partial charge in [0.2, 0.25) is 11.1 Å². The summed E-state index contributed by atoms with van der Waals surface area (Å²) in [6, 6.07) is 13.3. The summed E-state index contributed by atoms with van der Waals surface area (Å²) in [5.74, 6) is 0.460. The molecule has 1 amide bonds. The normalized spacial score (nSPS) is 14.5. The second kappa shape index (κ2) is 9.53. The number of benzene rings is 2. The molecule has 170 valence electrons. The zero-order valence-corrected chi connectivity index (χ0v) is 19.2. The fourth-order valence-electron chi connectivity index (χ4n) is 4.05. The Morgan fingerprint density at radius 3 is 2.67 bits per heavy atom. The van der Waals surface area contributed by atoms with Gasteiger partial charge in [0.1, 0.15) is 5.56 Å². The predicted molar refractivity (Wildman–Crippen MR) is 125 cm³/mol. The van der Waals surface area contributed by atoms with Crippen molar-refractivity contribution in [1.82, 2.24) is 10.1 Å². The molecule has 3 aromatic rings. The van der Waals surface area contributed by atoms with Crippen molar-refractivity contribution >= 4 is 29.0 Å². The van der Waals surface area contributed by atoms with E-state index >= 15 is 0 Å². The van der Waals surface area contributed by atoms with Crippen LogP contribution in [0.4, 0.5) is 11.4 Å². The van der Waals surface area contributed by atoms with Gasteiger partial charge in [0.15, 0.2) is 0 Å². The van der Waals surface area contributed by atoms with Gasteiger partial charge in [-0.1, -0.05) is 55.8 Å². The van der Waals surface area contributed by atoms with Crippen molar-refractivity contribution in [2.45, 2.75) is 44.4 Å². The van der Waals surface area contributed by atoms with Gasteiger partial charge >= 0.3 is 11.3 Å². The smallest absolute Gasteiger partial charge is 0.291 e. The van der Waals surface area contributed by atoms with Gasteiger partial charge in [0, 0.05) is 23.8 Å². The first-order valence-corrected chi connectivity index (χ1v) is 11.7. The summed E-state index contributed by atoms with van der Waals surface area (Å²) in [7, 11) is 0. The van der Waals surface area contributed by atoms with E-state index in [1.165, 1.54) is 34.3 Å². The molecule has 0 aliphatic carbocycles. The summed E-state index contributed by atoms with van der Waals surface area (Å²) in [6.07, 6.45) is 2.14. The molecule has 1 aliphatic heterocycles. The quantitative estimate of drug-likeness (QED) is 0.186. The molecular weight excluding hydrogens is 442 g/mol. The molecule has 2 heterocycles. The van der Waals surface area contributed by atoms with E-state index in [9.17, 15) is 19.7 Å². The number of hydrogen-bond acceptors (Lipinski definition) is 6.